The minimum Gasteiger partial charge on any atom is -0.348 e. The third kappa shape index (κ3) is 3.40. The van der Waals surface area contributed by atoms with Gasteiger partial charge in [0.25, 0.3) is 0 Å². The summed E-state index contributed by atoms with van der Waals surface area (Å²) >= 11 is 0. The van der Waals surface area contributed by atoms with Crippen molar-refractivity contribution in [3.05, 3.63) is 60.0 Å². The van der Waals surface area contributed by atoms with E-state index in [4.69, 9.17) is 0 Å². The summed E-state index contributed by atoms with van der Waals surface area (Å²) in [5, 5.41) is 11.1. The first kappa shape index (κ1) is 17.2. The molecule has 1 aliphatic heterocycles. The highest BCUT2D eigenvalue weighted by Gasteiger charge is 2.35. The van der Waals surface area contributed by atoms with Crippen molar-refractivity contribution in [2.24, 2.45) is 5.92 Å². The third-order valence-corrected chi connectivity index (χ3v) is 4.96. The zero-order chi connectivity index (χ0) is 18.8. The summed E-state index contributed by atoms with van der Waals surface area (Å²) in [5.74, 6) is 0.147. The monoisotopic (exact) mass is 363 g/mol. The molecule has 7 heteroatoms. The van der Waals surface area contributed by atoms with Crippen molar-refractivity contribution in [2.45, 2.75) is 26.3 Å². The van der Waals surface area contributed by atoms with Crippen molar-refractivity contribution in [2.75, 3.05) is 11.4 Å². The number of benzene rings is 1. The van der Waals surface area contributed by atoms with Crippen LogP contribution in [0.15, 0.2) is 48.7 Å². The van der Waals surface area contributed by atoms with E-state index in [9.17, 15) is 9.59 Å². The number of anilines is 1. The molecule has 0 spiro atoms. The van der Waals surface area contributed by atoms with Gasteiger partial charge >= 0.3 is 0 Å². The van der Waals surface area contributed by atoms with Crippen LogP contribution in [0.4, 0.5) is 5.69 Å². The van der Waals surface area contributed by atoms with Crippen molar-refractivity contribution in [1.82, 2.24) is 19.9 Å². The predicted molar refractivity (Wildman–Crippen MR) is 101 cm³/mol. The molecule has 4 rings (SSSR count). The summed E-state index contributed by atoms with van der Waals surface area (Å²) in [5.41, 5.74) is 2.80. The van der Waals surface area contributed by atoms with E-state index in [1.807, 2.05) is 53.1 Å². The molecule has 2 amide bonds. The van der Waals surface area contributed by atoms with E-state index in [0.717, 1.165) is 17.8 Å². The lowest BCUT2D eigenvalue weighted by Crippen LogP contribution is -2.33. The van der Waals surface area contributed by atoms with Crippen molar-refractivity contribution in [1.29, 1.82) is 0 Å². The number of hydrogen-bond donors (Lipinski definition) is 1. The van der Waals surface area contributed by atoms with Gasteiger partial charge in [-0.2, -0.15) is 0 Å². The molecule has 27 heavy (non-hydrogen) atoms. The average molecular weight is 363 g/mol. The molecule has 1 unspecified atom stereocenters. The van der Waals surface area contributed by atoms with Gasteiger partial charge in [0, 0.05) is 24.8 Å². The Hall–Kier alpha value is -3.22. The number of nitrogens with one attached hydrogen (secondary N) is 1. The van der Waals surface area contributed by atoms with Crippen molar-refractivity contribution in [3.63, 3.8) is 0 Å². The minimum absolute atomic E-state index is 0.0210. The Labute approximate surface area is 157 Å². The van der Waals surface area contributed by atoms with Gasteiger partial charge in [-0.3, -0.25) is 14.0 Å². The molecular formula is C20H21N5O2. The molecular weight excluding hydrogens is 342 g/mol. The predicted octanol–water partition coefficient (Wildman–Crippen LogP) is 1.96. The SMILES string of the molecule is CCc1ccc(N2CC(C(=O)NCc3nnc4ccccn34)CC2=O)cc1. The second-order valence-electron chi connectivity index (χ2n) is 6.69. The zero-order valence-electron chi connectivity index (χ0n) is 15.1. The van der Waals surface area contributed by atoms with Gasteiger partial charge in [0.15, 0.2) is 11.5 Å². The Morgan fingerprint density at radius 2 is 2.00 bits per heavy atom. The average Bonchev–Trinajstić information content (AvgIpc) is 3.30. The van der Waals surface area contributed by atoms with Crippen LogP contribution in [-0.4, -0.2) is 33.0 Å². The van der Waals surface area contributed by atoms with Crippen molar-refractivity contribution < 1.29 is 9.59 Å². The highest BCUT2D eigenvalue weighted by atomic mass is 16.2. The van der Waals surface area contributed by atoms with Crippen LogP contribution in [0, 0.1) is 5.92 Å². The fraction of sp³-hybridized carbons (Fsp3) is 0.300. The lowest BCUT2D eigenvalue weighted by atomic mass is 10.1. The van der Waals surface area contributed by atoms with E-state index >= 15 is 0 Å². The fourth-order valence-corrected chi connectivity index (χ4v) is 3.37. The van der Waals surface area contributed by atoms with Crippen LogP contribution in [-0.2, 0) is 22.6 Å². The lowest BCUT2D eigenvalue weighted by molar-refractivity contribution is -0.126. The molecule has 1 aromatic carbocycles. The molecule has 0 radical (unpaired) electrons. The van der Waals surface area contributed by atoms with Crippen LogP contribution < -0.4 is 10.2 Å². The number of amides is 2. The topological polar surface area (TPSA) is 79.6 Å². The molecule has 138 valence electrons. The van der Waals surface area contributed by atoms with Gasteiger partial charge in [-0.25, -0.2) is 0 Å². The number of rotatable bonds is 5. The summed E-state index contributed by atoms with van der Waals surface area (Å²) < 4.78 is 1.83. The fourth-order valence-electron chi connectivity index (χ4n) is 3.37. The van der Waals surface area contributed by atoms with Gasteiger partial charge in [-0.15, -0.1) is 10.2 Å². The number of aromatic nitrogens is 3. The van der Waals surface area contributed by atoms with Gasteiger partial charge < -0.3 is 10.2 Å². The molecule has 1 aliphatic rings. The summed E-state index contributed by atoms with van der Waals surface area (Å²) in [6.45, 7) is 2.77. The van der Waals surface area contributed by atoms with E-state index in [0.29, 0.717) is 12.4 Å². The number of pyridine rings is 1. The van der Waals surface area contributed by atoms with Crippen LogP contribution in [0.3, 0.4) is 0 Å². The van der Waals surface area contributed by atoms with Crippen molar-refractivity contribution in [3.8, 4) is 0 Å². The standard InChI is InChI=1S/C20H21N5O2/c1-2-14-6-8-16(9-7-14)25-13-15(11-19(25)26)20(27)21-12-18-23-22-17-5-3-4-10-24(17)18/h3-10,15H,2,11-13H2,1H3,(H,21,27). The molecule has 0 bridgehead atoms. The molecule has 3 aromatic rings. The molecule has 0 aliphatic carbocycles. The Kier molecular flexibility index (Phi) is 4.58. The third-order valence-electron chi connectivity index (χ3n) is 4.96. The summed E-state index contributed by atoms with van der Waals surface area (Å²) in [7, 11) is 0. The maximum absolute atomic E-state index is 12.6. The van der Waals surface area contributed by atoms with E-state index in [-0.39, 0.29) is 30.7 Å². The molecule has 1 atom stereocenters. The molecule has 1 fully saturated rings. The normalized spacial score (nSPS) is 16.9. The highest BCUT2D eigenvalue weighted by molar-refractivity contribution is 6.00. The van der Waals surface area contributed by atoms with E-state index in [2.05, 4.69) is 22.4 Å². The largest absolute Gasteiger partial charge is 0.348 e. The van der Waals surface area contributed by atoms with Gasteiger partial charge in [-0.1, -0.05) is 25.1 Å². The highest BCUT2D eigenvalue weighted by Crippen LogP contribution is 2.25. The van der Waals surface area contributed by atoms with Gasteiger partial charge in [0.2, 0.25) is 11.8 Å². The zero-order valence-corrected chi connectivity index (χ0v) is 15.1. The molecule has 1 N–H and O–H groups in total. The number of fused-ring (bicyclic) bond motifs is 1. The Bertz CT molecular complexity index is 979. The van der Waals surface area contributed by atoms with Crippen LogP contribution >= 0.6 is 0 Å². The van der Waals surface area contributed by atoms with Crippen LogP contribution in [0.25, 0.3) is 5.65 Å². The lowest BCUT2D eigenvalue weighted by Gasteiger charge is -2.17. The minimum atomic E-state index is -0.359. The van der Waals surface area contributed by atoms with E-state index in [1.54, 1.807) is 4.90 Å². The summed E-state index contributed by atoms with van der Waals surface area (Å²) in [4.78, 5) is 26.6. The number of carbonyl (C=O) groups excluding carboxylic acids is 2. The molecule has 0 saturated carbocycles. The smallest absolute Gasteiger partial charge is 0.227 e. The Morgan fingerprint density at radius 1 is 1.19 bits per heavy atom. The van der Waals surface area contributed by atoms with E-state index < -0.39 is 0 Å². The summed E-state index contributed by atoms with van der Waals surface area (Å²) in [6.07, 6.45) is 3.04. The second-order valence-corrected chi connectivity index (χ2v) is 6.69. The van der Waals surface area contributed by atoms with Crippen LogP contribution in [0.1, 0.15) is 24.7 Å². The number of hydrogen-bond acceptors (Lipinski definition) is 4. The van der Waals surface area contributed by atoms with E-state index in [1.165, 1.54) is 5.56 Å². The first-order chi connectivity index (χ1) is 13.2. The molecule has 2 aromatic heterocycles. The Morgan fingerprint density at radius 3 is 2.78 bits per heavy atom. The van der Waals surface area contributed by atoms with Crippen molar-refractivity contribution >= 4 is 23.1 Å². The number of nitrogens with zero attached hydrogens (tertiary/aromatic N) is 4. The van der Waals surface area contributed by atoms with Crippen LogP contribution in [0.2, 0.25) is 0 Å². The summed E-state index contributed by atoms with van der Waals surface area (Å²) in [6, 6.07) is 13.6. The van der Waals surface area contributed by atoms with Gasteiger partial charge in [0.1, 0.15) is 0 Å². The molecule has 7 nitrogen and oxygen atoms in total. The molecule has 3 heterocycles. The first-order valence-electron chi connectivity index (χ1n) is 9.11. The Balaban J connectivity index is 1.40. The van der Waals surface area contributed by atoms with Gasteiger partial charge in [0.05, 0.1) is 12.5 Å². The maximum atomic E-state index is 12.6. The molecule has 1 saturated heterocycles. The second kappa shape index (κ2) is 7.19. The first-order valence-corrected chi connectivity index (χ1v) is 9.11. The van der Waals surface area contributed by atoms with Crippen LogP contribution in [0.5, 0.6) is 0 Å². The quantitative estimate of drug-likeness (QED) is 0.752. The van der Waals surface area contributed by atoms with Gasteiger partial charge in [-0.05, 0) is 36.2 Å². The number of aryl methyl sites for hydroxylation is 1. The number of carbonyl (C=O) groups is 2. The maximum Gasteiger partial charge on any atom is 0.227 e.